The molecular weight excluding hydrogens is 288 g/mol. The highest BCUT2D eigenvalue weighted by Gasteiger charge is 2.44. The van der Waals surface area contributed by atoms with Crippen molar-refractivity contribution < 1.29 is 9.59 Å². The van der Waals surface area contributed by atoms with Gasteiger partial charge in [0, 0.05) is 18.2 Å². The molecule has 1 atom stereocenters. The number of unbranched alkanes of at least 4 members (excludes halogenated alkanes) is 1. The van der Waals surface area contributed by atoms with Gasteiger partial charge in [0.2, 0.25) is 5.91 Å². The second kappa shape index (κ2) is 7.16. The van der Waals surface area contributed by atoms with E-state index in [0.717, 1.165) is 44.1 Å². The van der Waals surface area contributed by atoms with Gasteiger partial charge in [0.1, 0.15) is 6.04 Å². The molecule has 1 aliphatic carbocycles. The van der Waals surface area contributed by atoms with Gasteiger partial charge in [-0.1, -0.05) is 50.8 Å². The minimum atomic E-state index is -0.446. The molecule has 3 rings (SSSR count). The number of nitrogens with zero attached hydrogens (tertiary/aromatic N) is 1. The number of carbonyl (C=O) groups excluding carboxylic acids is 2. The molecule has 4 nitrogen and oxygen atoms in total. The predicted octanol–water partition coefficient (Wildman–Crippen LogP) is 3.43. The highest BCUT2D eigenvalue weighted by molar-refractivity contribution is 6.04. The standard InChI is InChI=1S/C19H26N2O2/c1-2-3-13-20-18(22)17-15-11-7-8-12-16(15)19(23)21(17)14-9-5-4-6-10-14/h7-8,11-12,14,17H,2-6,9-10,13H2,1H3,(H,20,22). The number of nitrogens with one attached hydrogen (secondary N) is 1. The summed E-state index contributed by atoms with van der Waals surface area (Å²) in [6.45, 7) is 2.79. The van der Waals surface area contributed by atoms with Crippen molar-refractivity contribution in [2.45, 2.75) is 64.0 Å². The lowest BCUT2D eigenvalue weighted by molar-refractivity contribution is -0.126. The molecule has 4 heteroatoms. The Morgan fingerprint density at radius 1 is 1.22 bits per heavy atom. The minimum absolute atomic E-state index is 0.0256. The second-order valence-electron chi connectivity index (χ2n) is 6.64. The average molecular weight is 314 g/mol. The molecule has 124 valence electrons. The van der Waals surface area contributed by atoms with Crippen LogP contribution in [0.3, 0.4) is 0 Å². The van der Waals surface area contributed by atoms with E-state index in [1.807, 2.05) is 29.2 Å². The van der Waals surface area contributed by atoms with Crippen LogP contribution in [-0.4, -0.2) is 29.3 Å². The molecular formula is C19H26N2O2. The molecule has 1 aliphatic heterocycles. The Hall–Kier alpha value is -1.84. The van der Waals surface area contributed by atoms with Crippen molar-refractivity contribution in [1.29, 1.82) is 0 Å². The van der Waals surface area contributed by atoms with Crippen LogP contribution < -0.4 is 5.32 Å². The number of hydrogen-bond donors (Lipinski definition) is 1. The van der Waals surface area contributed by atoms with Gasteiger partial charge in [-0.3, -0.25) is 9.59 Å². The fraction of sp³-hybridized carbons (Fsp3) is 0.579. The molecule has 0 bridgehead atoms. The summed E-state index contributed by atoms with van der Waals surface area (Å²) in [5, 5.41) is 3.02. The minimum Gasteiger partial charge on any atom is -0.354 e. The van der Waals surface area contributed by atoms with Crippen LogP contribution in [0.25, 0.3) is 0 Å². The second-order valence-corrected chi connectivity index (χ2v) is 6.64. The van der Waals surface area contributed by atoms with E-state index < -0.39 is 6.04 Å². The molecule has 1 heterocycles. The molecule has 1 unspecified atom stereocenters. The molecule has 0 spiro atoms. The lowest BCUT2D eigenvalue weighted by Gasteiger charge is -2.35. The summed E-state index contributed by atoms with van der Waals surface area (Å²) >= 11 is 0. The molecule has 1 N–H and O–H groups in total. The van der Waals surface area contributed by atoms with E-state index in [4.69, 9.17) is 0 Å². The Balaban J connectivity index is 1.87. The van der Waals surface area contributed by atoms with Gasteiger partial charge in [-0.05, 0) is 30.9 Å². The van der Waals surface area contributed by atoms with Crippen molar-refractivity contribution in [1.82, 2.24) is 10.2 Å². The van der Waals surface area contributed by atoms with Gasteiger partial charge in [-0.25, -0.2) is 0 Å². The van der Waals surface area contributed by atoms with Crippen LogP contribution in [0, 0.1) is 0 Å². The number of amides is 2. The Morgan fingerprint density at radius 3 is 2.70 bits per heavy atom. The van der Waals surface area contributed by atoms with Crippen LogP contribution in [0.5, 0.6) is 0 Å². The number of hydrogen-bond acceptors (Lipinski definition) is 2. The first kappa shape index (κ1) is 16.0. The van der Waals surface area contributed by atoms with E-state index in [1.54, 1.807) is 0 Å². The first-order valence-electron chi connectivity index (χ1n) is 8.93. The monoisotopic (exact) mass is 314 g/mol. The van der Waals surface area contributed by atoms with Crippen molar-refractivity contribution in [3.05, 3.63) is 35.4 Å². The molecule has 2 amide bonds. The normalized spacial score (nSPS) is 21.3. The Labute approximate surface area is 138 Å². The van der Waals surface area contributed by atoms with Gasteiger partial charge in [-0.2, -0.15) is 0 Å². The first-order valence-corrected chi connectivity index (χ1v) is 8.93. The lowest BCUT2D eigenvalue weighted by atomic mass is 9.93. The molecule has 1 aromatic carbocycles. The molecule has 0 aromatic heterocycles. The van der Waals surface area contributed by atoms with E-state index >= 15 is 0 Å². The molecule has 23 heavy (non-hydrogen) atoms. The zero-order valence-electron chi connectivity index (χ0n) is 13.9. The van der Waals surface area contributed by atoms with Crippen LogP contribution in [0.4, 0.5) is 0 Å². The van der Waals surface area contributed by atoms with Crippen LogP contribution in [0.1, 0.15) is 73.8 Å². The lowest BCUT2D eigenvalue weighted by Crippen LogP contribution is -2.45. The summed E-state index contributed by atoms with van der Waals surface area (Å²) in [4.78, 5) is 27.5. The number of fused-ring (bicyclic) bond motifs is 1. The largest absolute Gasteiger partial charge is 0.354 e. The van der Waals surface area contributed by atoms with Gasteiger partial charge >= 0.3 is 0 Å². The van der Waals surface area contributed by atoms with Crippen molar-refractivity contribution >= 4 is 11.8 Å². The third kappa shape index (κ3) is 3.12. The summed E-state index contributed by atoms with van der Waals surface area (Å²) in [6, 6.07) is 7.34. The Kier molecular flexibility index (Phi) is 4.99. The fourth-order valence-electron chi connectivity index (χ4n) is 3.82. The molecule has 2 aliphatic rings. The van der Waals surface area contributed by atoms with Gasteiger partial charge < -0.3 is 10.2 Å². The number of rotatable bonds is 5. The van der Waals surface area contributed by atoms with Crippen LogP contribution in [0.15, 0.2) is 24.3 Å². The van der Waals surface area contributed by atoms with Crippen LogP contribution in [-0.2, 0) is 4.79 Å². The number of benzene rings is 1. The van der Waals surface area contributed by atoms with Crippen molar-refractivity contribution in [3.63, 3.8) is 0 Å². The van der Waals surface area contributed by atoms with E-state index in [1.165, 1.54) is 6.42 Å². The topological polar surface area (TPSA) is 49.4 Å². The zero-order chi connectivity index (χ0) is 16.2. The highest BCUT2D eigenvalue weighted by atomic mass is 16.2. The van der Waals surface area contributed by atoms with Crippen molar-refractivity contribution in [3.8, 4) is 0 Å². The molecule has 1 aromatic rings. The third-order valence-corrected chi connectivity index (χ3v) is 5.04. The SMILES string of the molecule is CCCCNC(=O)C1c2ccccc2C(=O)N1C1CCCCC1. The summed E-state index contributed by atoms with van der Waals surface area (Å²) in [5.74, 6) is 0.00506. The smallest absolute Gasteiger partial charge is 0.255 e. The third-order valence-electron chi connectivity index (χ3n) is 5.04. The maximum Gasteiger partial charge on any atom is 0.255 e. The Bertz CT molecular complexity index is 578. The summed E-state index contributed by atoms with van der Waals surface area (Å²) in [5.41, 5.74) is 1.57. The van der Waals surface area contributed by atoms with E-state index in [9.17, 15) is 9.59 Å². The van der Waals surface area contributed by atoms with Gasteiger partial charge in [0.25, 0.3) is 5.91 Å². The summed E-state index contributed by atoms with van der Waals surface area (Å²) in [6.07, 6.45) is 7.57. The average Bonchev–Trinajstić information content (AvgIpc) is 2.89. The highest BCUT2D eigenvalue weighted by Crippen LogP contribution is 2.38. The van der Waals surface area contributed by atoms with Crippen molar-refractivity contribution in [2.75, 3.05) is 6.54 Å². The van der Waals surface area contributed by atoms with E-state index in [0.29, 0.717) is 12.1 Å². The first-order chi connectivity index (χ1) is 11.2. The molecule has 0 saturated heterocycles. The summed E-state index contributed by atoms with van der Waals surface area (Å²) < 4.78 is 0. The summed E-state index contributed by atoms with van der Waals surface area (Å²) in [7, 11) is 0. The maximum atomic E-state index is 12.9. The zero-order valence-corrected chi connectivity index (χ0v) is 13.9. The fourth-order valence-corrected chi connectivity index (χ4v) is 3.82. The van der Waals surface area contributed by atoms with Crippen LogP contribution in [0.2, 0.25) is 0 Å². The molecule has 1 fully saturated rings. The van der Waals surface area contributed by atoms with Gasteiger partial charge in [-0.15, -0.1) is 0 Å². The quantitative estimate of drug-likeness (QED) is 0.847. The van der Waals surface area contributed by atoms with E-state index in [2.05, 4.69) is 12.2 Å². The van der Waals surface area contributed by atoms with Crippen LogP contribution >= 0.6 is 0 Å². The number of carbonyl (C=O) groups is 2. The van der Waals surface area contributed by atoms with Gasteiger partial charge in [0.05, 0.1) is 0 Å². The van der Waals surface area contributed by atoms with Gasteiger partial charge in [0.15, 0.2) is 0 Å². The van der Waals surface area contributed by atoms with E-state index in [-0.39, 0.29) is 17.9 Å². The Morgan fingerprint density at radius 2 is 1.96 bits per heavy atom. The maximum absolute atomic E-state index is 12.9. The molecule has 1 saturated carbocycles. The molecule has 0 radical (unpaired) electrons. The predicted molar refractivity (Wildman–Crippen MR) is 90.1 cm³/mol. The van der Waals surface area contributed by atoms with Crippen molar-refractivity contribution in [2.24, 2.45) is 0 Å².